The summed E-state index contributed by atoms with van der Waals surface area (Å²) in [6, 6.07) is 2.80. The molecule has 0 aliphatic rings. The second-order valence-electron chi connectivity index (χ2n) is 7.88. The molecule has 0 fully saturated rings. The molecule has 0 saturated carbocycles. The molecule has 0 atom stereocenters. The lowest BCUT2D eigenvalue weighted by molar-refractivity contribution is 0.294. The third-order valence-electron chi connectivity index (χ3n) is 3.87. The maximum atomic E-state index is 2.78. The first-order valence-corrected chi connectivity index (χ1v) is 10.7. The Morgan fingerprint density at radius 2 is 0.789 bits per heavy atom. The minimum atomic E-state index is -0.195. The lowest BCUT2D eigenvalue weighted by atomic mass is 10.3. The molecule has 0 bridgehead atoms. The number of hydrogen-bond donors (Lipinski definition) is 0. The summed E-state index contributed by atoms with van der Waals surface area (Å²) in [4.78, 5) is 0. The van der Waals surface area contributed by atoms with Crippen LogP contribution in [0.4, 0.5) is 0 Å². The van der Waals surface area contributed by atoms with E-state index in [-0.39, 0.29) is 19.4 Å². The standard InChI is InChI=1S/C15H38N2Si2/c1-11(2)16(12(3)4)18-15(9,10)19-17(13(5)6)14(7)8/h11-14H,18-19H2,1-10H3. The first-order chi connectivity index (χ1) is 8.48. The van der Waals surface area contributed by atoms with Gasteiger partial charge in [-0.1, -0.05) is 69.2 Å². The van der Waals surface area contributed by atoms with Crippen LogP contribution in [0.1, 0.15) is 69.2 Å². The van der Waals surface area contributed by atoms with E-state index in [4.69, 9.17) is 0 Å². The maximum absolute atomic E-state index is 2.78. The smallest absolute Gasteiger partial charge is 0.0993 e. The number of hydrogen-bond acceptors (Lipinski definition) is 2. The molecule has 0 saturated heterocycles. The van der Waals surface area contributed by atoms with E-state index in [1.165, 1.54) is 0 Å². The highest BCUT2D eigenvalue weighted by Gasteiger charge is 2.30. The van der Waals surface area contributed by atoms with Crippen LogP contribution >= 0.6 is 0 Å². The van der Waals surface area contributed by atoms with Gasteiger partial charge in [-0.2, -0.15) is 0 Å². The molecule has 0 aliphatic carbocycles. The van der Waals surface area contributed by atoms with Crippen molar-refractivity contribution in [3.05, 3.63) is 0 Å². The molecule has 0 rings (SSSR count). The molecule has 0 heterocycles. The van der Waals surface area contributed by atoms with Gasteiger partial charge in [-0.25, -0.2) is 0 Å². The molecule has 19 heavy (non-hydrogen) atoms. The fraction of sp³-hybridized carbons (Fsp3) is 1.00. The average Bonchev–Trinajstić information content (AvgIpc) is 2.21. The van der Waals surface area contributed by atoms with Crippen LogP contribution in [0.3, 0.4) is 0 Å². The Morgan fingerprint density at radius 3 is 0.947 bits per heavy atom. The molecular weight excluding hydrogens is 264 g/mol. The van der Waals surface area contributed by atoms with E-state index in [2.05, 4.69) is 78.4 Å². The first-order valence-electron chi connectivity index (χ1n) is 7.99. The van der Waals surface area contributed by atoms with E-state index in [0.717, 1.165) is 0 Å². The molecule has 2 nitrogen and oxygen atoms in total. The summed E-state index contributed by atoms with van der Waals surface area (Å²) < 4.78 is 6.17. The molecule has 0 aromatic rings. The maximum Gasteiger partial charge on any atom is 0.0993 e. The van der Waals surface area contributed by atoms with Crippen LogP contribution in [0, 0.1) is 0 Å². The lowest BCUT2D eigenvalue weighted by Gasteiger charge is -2.42. The molecule has 0 aromatic heterocycles. The van der Waals surface area contributed by atoms with Crippen molar-refractivity contribution in [2.45, 2.75) is 98.1 Å². The predicted octanol–water partition coefficient (Wildman–Crippen LogP) is 2.55. The van der Waals surface area contributed by atoms with E-state index < -0.39 is 0 Å². The van der Waals surface area contributed by atoms with Gasteiger partial charge >= 0.3 is 0 Å². The highest BCUT2D eigenvalue weighted by Crippen LogP contribution is 2.26. The van der Waals surface area contributed by atoms with Gasteiger partial charge in [0.05, 0.1) is 19.4 Å². The minimum absolute atomic E-state index is 0.195. The topological polar surface area (TPSA) is 6.48 Å². The van der Waals surface area contributed by atoms with Crippen LogP contribution in [0.5, 0.6) is 0 Å². The van der Waals surface area contributed by atoms with Crippen LogP contribution in [0.2, 0.25) is 4.66 Å². The van der Waals surface area contributed by atoms with Gasteiger partial charge in [0.2, 0.25) is 0 Å². The summed E-state index contributed by atoms with van der Waals surface area (Å²) in [5.41, 5.74) is 0. The highest BCUT2D eigenvalue weighted by molar-refractivity contribution is 6.59. The number of nitrogens with zero attached hydrogens (tertiary/aromatic N) is 2. The second kappa shape index (κ2) is 7.96. The monoisotopic (exact) mass is 302 g/mol. The van der Waals surface area contributed by atoms with Gasteiger partial charge in [0, 0.05) is 0 Å². The zero-order valence-electron chi connectivity index (χ0n) is 15.1. The lowest BCUT2D eigenvalue weighted by Crippen LogP contribution is -2.51. The summed E-state index contributed by atoms with van der Waals surface area (Å²) in [7, 11) is -0.390. The highest BCUT2D eigenvalue weighted by atomic mass is 28.3. The minimum Gasteiger partial charge on any atom is -0.325 e. The average molecular weight is 303 g/mol. The molecule has 116 valence electrons. The third-order valence-corrected chi connectivity index (χ3v) is 10.6. The van der Waals surface area contributed by atoms with Crippen molar-refractivity contribution in [1.29, 1.82) is 0 Å². The summed E-state index contributed by atoms with van der Waals surface area (Å²) >= 11 is 0. The van der Waals surface area contributed by atoms with Gasteiger partial charge in [-0.15, -0.1) is 0 Å². The second-order valence-corrected chi connectivity index (χ2v) is 14.8. The SMILES string of the molecule is CC(C)N([SiH2]C(C)(C)[SiH2]N(C(C)C)C(C)C)C(C)C. The summed E-state index contributed by atoms with van der Waals surface area (Å²) in [6.45, 7) is 23.9. The van der Waals surface area contributed by atoms with Crippen LogP contribution in [-0.4, -0.2) is 52.7 Å². The number of rotatable bonds is 8. The first kappa shape index (κ1) is 19.4. The van der Waals surface area contributed by atoms with E-state index in [9.17, 15) is 0 Å². The Hall–Kier alpha value is 0.354. The zero-order valence-corrected chi connectivity index (χ0v) is 17.9. The molecule has 4 heteroatoms. The van der Waals surface area contributed by atoms with Gasteiger partial charge in [-0.3, -0.25) is 0 Å². The Labute approximate surface area is 127 Å². The van der Waals surface area contributed by atoms with E-state index in [0.29, 0.717) is 28.8 Å². The van der Waals surface area contributed by atoms with E-state index >= 15 is 0 Å². The fourth-order valence-electron chi connectivity index (χ4n) is 2.96. The van der Waals surface area contributed by atoms with E-state index in [1.54, 1.807) is 0 Å². The van der Waals surface area contributed by atoms with Crippen LogP contribution in [-0.2, 0) is 0 Å². The van der Waals surface area contributed by atoms with Gasteiger partial charge in [0.25, 0.3) is 0 Å². The van der Waals surface area contributed by atoms with Crippen LogP contribution < -0.4 is 0 Å². The Balaban J connectivity index is 4.77. The van der Waals surface area contributed by atoms with Crippen molar-refractivity contribution in [3.63, 3.8) is 0 Å². The molecule has 0 unspecified atom stereocenters. The van der Waals surface area contributed by atoms with Crippen molar-refractivity contribution < 1.29 is 0 Å². The third kappa shape index (κ3) is 7.07. The van der Waals surface area contributed by atoms with Gasteiger partial charge in [0.1, 0.15) is 0 Å². The molecular formula is C15H38N2Si2. The Morgan fingerprint density at radius 1 is 0.579 bits per heavy atom. The summed E-state index contributed by atoms with van der Waals surface area (Å²) in [6.07, 6.45) is 0. The molecule has 0 aliphatic heterocycles. The van der Waals surface area contributed by atoms with Crippen molar-refractivity contribution in [3.8, 4) is 0 Å². The molecule has 0 amide bonds. The largest absolute Gasteiger partial charge is 0.325 e. The van der Waals surface area contributed by atoms with Crippen molar-refractivity contribution >= 4 is 19.4 Å². The summed E-state index contributed by atoms with van der Waals surface area (Å²) in [5, 5.41) is 0. The molecule has 0 spiro atoms. The molecule has 0 aromatic carbocycles. The zero-order chi connectivity index (χ0) is 15.4. The van der Waals surface area contributed by atoms with Gasteiger partial charge in [0.15, 0.2) is 0 Å². The predicted molar refractivity (Wildman–Crippen MR) is 95.4 cm³/mol. The molecule has 0 N–H and O–H groups in total. The fourth-order valence-corrected chi connectivity index (χ4v) is 8.35. The quantitative estimate of drug-likeness (QED) is 0.636. The molecule has 0 radical (unpaired) electrons. The van der Waals surface area contributed by atoms with Crippen LogP contribution in [0.25, 0.3) is 0 Å². The van der Waals surface area contributed by atoms with Crippen molar-refractivity contribution in [2.24, 2.45) is 0 Å². The Kier molecular flexibility index (Phi) is 8.11. The van der Waals surface area contributed by atoms with Gasteiger partial charge in [-0.05, 0) is 28.8 Å². The summed E-state index contributed by atoms with van der Waals surface area (Å²) in [5.74, 6) is 0. The Bertz CT molecular complexity index is 211. The van der Waals surface area contributed by atoms with Gasteiger partial charge < -0.3 is 9.13 Å². The van der Waals surface area contributed by atoms with Crippen molar-refractivity contribution in [2.75, 3.05) is 0 Å². The van der Waals surface area contributed by atoms with E-state index in [1.807, 2.05) is 0 Å². The van der Waals surface area contributed by atoms with Crippen LogP contribution in [0.15, 0.2) is 0 Å². The van der Waals surface area contributed by atoms with Crippen molar-refractivity contribution in [1.82, 2.24) is 9.13 Å². The normalized spacial score (nSPS) is 15.2.